The fraction of sp³-hybridized carbons (Fsp3) is 0.320. The van der Waals surface area contributed by atoms with Gasteiger partial charge in [0.2, 0.25) is 0 Å². The summed E-state index contributed by atoms with van der Waals surface area (Å²) in [7, 11) is 0. The Hall–Kier alpha value is -2.93. The van der Waals surface area contributed by atoms with E-state index in [9.17, 15) is 4.79 Å². The fourth-order valence-electron chi connectivity index (χ4n) is 4.99. The molecule has 0 aliphatic heterocycles. The van der Waals surface area contributed by atoms with Gasteiger partial charge in [0.05, 0.1) is 11.9 Å². The molecule has 6 nitrogen and oxygen atoms in total. The van der Waals surface area contributed by atoms with Gasteiger partial charge in [-0.1, -0.05) is 34.1 Å². The van der Waals surface area contributed by atoms with E-state index in [4.69, 9.17) is 15.8 Å². The molecule has 4 aromatic rings. The molecule has 5 rings (SSSR count). The van der Waals surface area contributed by atoms with Crippen LogP contribution < -0.4 is 5.73 Å². The lowest BCUT2D eigenvalue weighted by Gasteiger charge is -2.28. The molecule has 7 heteroatoms. The van der Waals surface area contributed by atoms with E-state index in [1.165, 1.54) is 5.39 Å². The van der Waals surface area contributed by atoms with E-state index in [1.807, 2.05) is 19.2 Å². The average Bonchev–Trinajstić information content (AvgIpc) is 3.20. The van der Waals surface area contributed by atoms with Crippen LogP contribution in [0.5, 0.6) is 0 Å². The number of aromatic nitrogens is 3. The molecule has 0 amide bonds. The van der Waals surface area contributed by atoms with E-state index in [0.29, 0.717) is 11.7 Å². The van der Waals surface area contributed by atoms with Crippen molar-refractivity contribution in [3.8, 4) is 11.1 Å². The molecule has 0 saturated heterocycles. The molecule has 3 N–H and O–H groups in total. The number of nitrogens with two attached hydrogens (primary N) is 1. The van der Waals surface area contributed by atoms with E-state index in [-0.39, 0.29) is 12.3 Å². The number of carboxylic acids is 1. The van der Waals surface area contributed by atoms with Crippen LogP contribution >= 0.6 is 15.9 Å². The van der Waals surface area contributed by atoms with Crippen molar-refractivity contribution >= 4 is 44.1 Å². The maximum Gasteiger partial charge on any atom is 0.303 e. The van der Waals surface area contributed by atoms with Crippen LogP contribution in [0.4, 0.5) is 5.82 Å². The second-order valence-corrected chi connectivity index (χ2v) is 9.74. The van der Waals surface area contributed by atoms with Crippen LogP contribution in [0.15, 0.2) is 47.1 Å². The van der Waals surface area contributed by atoms with Crippen molar-refractivity contribution in [3.63, 3.8) is 0 Å². The minimum Gasteiger partial charge on any atom is -0.481 e. The summed E-state index contributed by atoms with van der Waals surface area (Å²) in [5.74, 6) is 0.464. The van der Waals surface area contributed by atoms with Gasteiger partial charge in [0.25, 0.3) is 0 Å². The lowest BCUT2D eigenvalue weighted by molar-refractivity contribution is -0.138. The quantitative estimate of drug-likeness (QED) is 0.366. The van der Waals surface area contributed by atoms with Gasteiger partial charge in [-0.25, -0.2) is 4.98 Å². The Labute approximate surface area is 194 Å². The zero-order valence-corrected chi connectivity index (χ0v) is 19.5. The van der Waals surface area contributed by atoms with Crippen molar-refractivity contribution in [1.29, 1.82) is 0 Å². The molecular formula is C25H25BrN4O2. The summed E-state index contributed by atoms with van der Waals surface area (Å²) in [6.07, 6.45) is 5.80. The summed E-state index contributed by atoms with van der Waals surface area (Å²) in [4.78, 5) is 16.1. The number of halogens is 1. The normalized spacial score (nSPS) is 18.9. The molecule has 2 aromatic carbocycles. The first-order valence-electron chi connectivity index (χ1n) is 11.0. The molecule has 0 unspecified atom stereocenters. The van der Waals surface area contributed by atoms with E-state index in [2.05, 4.69) is 51.4 Å². The van der Waals surface area contributed by atoms with Gasteiger partial charge in [0, 0.05) is 27.9 Å². The van der Waals surface area contributed by atoms with E-state index < -0.39 is 5.97 Å². The number of carboxylic acid groups (broad SMARTS) is 1. The van der Waals surface area contributed by atoms with Gasteiger partial charge in [-0.15, -0.1) is 0 Å². The number of hydrogen-bond donors (Lipinski definition) is 2. The summed E-state index contributed by atoms with van der Waals surface area (Å²) >= 11 is 3.53. The van der Waals surface area contributed by atoms with E-state index in [0.717, 1.165) is 63.6 Å². The number of nitrogens with zero attached hydrogens (tertiary/aromatic N) is 3. The summed E-state index contributed by atoms with van der Waals surface area (Å²) < 4.78 is 2.79. The largest absolute Gasteiger partial charge is 0.481 e. The maximum absolute atomic E-state index is 11.1. The number of anilines is 1. The maximum atomic E-state index is 11.1. The van der Waals surface area contributed by atoms with Crippen LogP contribution in [0, 0.1) is 12.8 Å². The molecule has 32 heavy (non-hydrogen) atoms. The smallest absolute Gasteiger partial charge is 0.303 e. The number of carbonyl (C=O) groups is 1. The number of hydrogen-bond acceptors (Lipinski definition) is 4. The van der Waals surface area contributed by atoms with Gasteiger partial charge in [-0.05, 0) is 73.1 Å². The van der Waals surface area contributed by atoms with Crippen LogP contribution in [-0.2, 0) is 4.79 Å². The number of rotatable bonds is 4. The third-order valence-corrected chi connectivity index (χ3v) is 7.27. The summed E-state index contributed by atoms with van der Waals surface area (Å²) in [6.45, 7) is 2.01. The lowest BCUT2D eigenvalue weighted by atomic mass is 9.78. The van der Waals surface area contributed by atoms with Crippen LogP contribution in [-0.4, -0.2) is 25.7 Å². The molecule has 2 aromatic heterocycles. The van der Waals surface area contributed by atoms with Crippen molar-refractivity contribution in [3.05, 3.63) is 58.3 Å². The predicted octanol–water partition coefficient (Wildman–Crippen LogP) is 5.95. The molecule has 0 radical (unpaired) electrons. The van der Waals surface area contributed by atoms with Crippen molar-refractivity contribution in [2.24, 2.45) is 5.92 Å². The van der Waals surface area contributed by atoms with Gasteiger partial charge in [0.1, 0.15) is 5.82 Å². The van der Waals surface area contributed by atoms with Gasteiger partial charge < -0.3 is 10.8 Å². The van der Waals surface area contributed by atoms with Crippen molar-refractivity contribution in [1.82, 2.24) is 14.6 Å². The Morgan fingerprint density at radius 3 is 2.62 bits per heavy atom. The number of benzene rings is 2. The molecule has 0 spiro atoms. The third-order valence-electron chi connectivity index (χ3n) is 6.78. The zero-order chi connectivity index (χ0) is 22.4. The van der Waals surface area contributed by atoms with Crippen molar-refractivity contribution in [2.75, 3.05) is 5.73 Å². The summed E-state index contributed by atoms with van der Waals surface area (Å²) in [6, 6.07) is 12.6. The standard InChI is InChI=1S/C25H25BrN4O2/c1-14-23(16-4-2-15(3-5-16)10-22(31)32)29-25-21(13-28-30(25)24(14)27)19-7-6-18-12-20(26)9-8-17(18)11-19/h6-9,11-13,15-16H,2-5,10,27H2,1H3,(H,31,32). The zero-order valence-electron chi connectivity index (χ0n) is 17.9. The average molecular weight is 493 g/mol. The van der Waals surface area contributed by atoms with E-state index in [1.54, 1.807) is 4.52 Å². The summed E-state index contributed by atoms with van der Waals surface area (Å²) in [5.41, 5.74) is 11.3. The topological polar surface area (TPSA) is 93.5 Å². The fourth-order valence-corrected chi connectivity index (χ4v) is 5.36. The number of fused-ring (bicyclic) bond motifs is 2. The number of aliphatic carboxylic acids is 1. The van der Waals surface area contributed by atoms with Gasteiger partial charge >= 0.3 is 5.97 Å². The molecule has 0 bridgehead atoms. The Kier molecular flexibility index (Phi) is 5.37. The van der Waals surface area contributed by atoms with Crippen LogP contribution in [0.3, 0.4) is 0 Å². The van der Waals surface area contributed by atoms with E-state index >= 15 is 0 Å². The minimum absolute atomic E-state index is 0.256. The molecular weight excluding hydrogens is 468 g/mol. The minimum atomic E-state index is -0.708. The Balaban J connectivity index is 1.53. The number of nitrogen functional groups attached to an aromatic ring is 1. The highest BCUT2D eigenvalue weighted by molar-refractivity contribution is 9.10. The predicted molar refractivity (Wildman–Crippen MR) is 130 cm³/mol. The highest BCUT2D eigenvalue weighted by Crippen LogP contribution is 2.39. The second-order valence-electron chi connectivity index (χ2n) is 8.82. The lowest BCUT2D eigenvalue weighted by Crippen LogP contribution is -2.19. The first-order valence-corrected chi connectivity index (χ1v) is 11.7. The molecule has 0 atom stereocenters. The summed E-state index contributed by atoms with van der Waals surface area (Å²) in [5, 5.41) is 16.0. The van der Waals surface area contributed by atoms with Gasteiger partial charge in [-0.2, -0.15) is 9.61 Å². The molecule has 1 aliphatic rings. The van der Waals surface area contributed by atoms with Crippen molar-refractivity contribution < 1.29 is 9.90 Å². The Morgan fingerprint density at radius 1 is 1.16 bits per heavy atom. The Bertz CT molecular complexity index is 1340. The van der Waals surface area contributed by atoms with Crippen LogP contribution in [0.25, 0.3) is 27.5 Å². The molecule has 164 valence electrons. The molecule has 1 aliphatic carbocycles. The van der Waals surface area contributed by atoms with Gasteiger partial charge in [0.15, 0.2) is 5.65 Å². The molecule has 1 saturated carbocycles. The van der Waals surface area contributed by atoms with Crippen molar-refractivity contribution in [2.45, 2.75) is 44.9 Å². The monoisotopic (exact) mass is 492 g/mol. The SMILES string of the molecule is Cc1c(C2CCC(CC(=O)O)CC2)nc2c(-c3ccc4cc(Br)ccc4c3)cnn2c1N. The third kappa shape index (κ3) is 3.75. The highest BCUT2D eigenvalue weighted by atomic mass is 79.9. The second kappa shape index (κ2) is 8.20. The molecule has 1 fully saturated rings. The van der Waals surface area contributed by atoms with Crippen LogP contribution in [0.1, 0.15) is 49.3 Å². The first kappa shape index (κ1) is 20.9. The highest BCUT2D eigenvalue weighted by Gasteiger charge is 2.27. The molecule has 2 heterocycles. The van der Waals surface area contributed by atoms with Gasteiger partial charge in [-0.3, -0.25) is 4.79 Å². The Morgan fingerprint density at radius 2 is 1.88 bits per heavy atom. The first-order chi connectivity index (χ1) is 15.4. The van der Waals surface area contributed by atoms with Crippen LogP contribution in [0.2, 0.25) is 0 Å².